The number of aromatic carboxylic acids is 1. The van der Waals surface area contributed by atoms with Gasteiger partial charge in [-0.1, -0.05) is 0 Å². The molecule has 1 aliphatic rings. The summed E-state index contributed by atoms with van der Waals surface area (Å²) in [6.07, 6.45) is 0.740. The highest BCUT2D eigenvalue weighted by Gasteiger charge is 2.28. The summed E-state index contributed by atoms with van der Waals surface area (Å²) in [6.45, 7) is 3.87. The van der Waals surface area contributed by atoms with Crippen molar-refractivity contribution in [3.05, 3.63) is 29.5 Å². The first-order valence-electron chi connectivity index (χ1n) is 7.28. The van der Waals surface area contributed by atoms with Crippen LogP contribution < -0.4 is 9.47 Å². The summed E-state index contributed by atoms with van der Waals surface area (Å²) >= 11 is 0. The second-order valence-corrected chi connectivity index (χ2v) is 5.84. The molecule has 122 valence electrons. The molecule has 0 radical (unpaired) electrons. The lowest BCUT2D eigenvalue weighted by atomic mass is 9.92. The molecule has 0 unspecified atom stereocenters. The predicted molar refractivity (Wildman–Crippen MR) is 80.7 cm³/mol. The summed E-state index contributed by atoms with van der Waals surface area (Å²) in [6, 6.07) is 4.63. The summed E-state index contributed by atoms with van der Waals surface area (Å²) in [5.41, 5.74) is -0.522. The summed E-state index contributed by atoms with van der Waals surface area (Å²) in [7, 11) is 0. The molecule has 0 amide bonds. The standard InChI is InChI=1S/C16H17FN2O4/c1-16(2,17)10-7-14-13(22-4-3-5-23-14)6-9(10)11-8-12(15(20)21)19-18-11/h6-8H,3-5H2,1-2H3,(H,18,19)(H,20,21). The van der Waals surface area contributed by atoms with E-state index in [2.05, 4.69) is 10.2 Å². The Kier molecular flexibility index (Phi) is 3.71. The molecule has 2 aromatic rings. The van der Waals surface area contributed by atoms with Crippen molar-refractivity contribution in [3.8, 4) is 22.8 Å². The Labute approximate surface area is 132 Å². The number of halogens is 1. The molecule has 0 spiro atoms. The van der Waals surface area contributed by atoms with Gasteiger partial charge in [0.2, 0.25) is 0 Å². The number of ether oxygens (including phenoxy) is 2. The van der Waals surface area contributed by atoms with Crippen molar-refractivity contribution in [2.24, 2.45) is 0 Å². The van der Waals surface area contributed by atoms with Gasteiger partial charge in [-0.05, 0) is 32.0 Å². The molecule has 23 heavy (non-hydrogen) atoms. The zero-order valence-corrected chi connectivity index (χ0v) is 12.9. The summed E-state index contributed by atoms with van der Waals surface area (Å²) in [5, 5.41) is 15.4. The van der Waals surface area contributed by atoms with E-state index in [1.807, 2.05) is 0 Å². The number of carbonyl (C=O) groups is 1. The maximum absolute atomic E-state index is 14.7. The van der Waals surface area contributed by atoms with E-state index in [1.54, 1.807) is 12.1 Å². The van der Waals surface area contributed by atoms with Crippen LogP contribution in [0.1, 0.15) is 36.3 Å². The molecule has 2 heterocycles. The Bertz CT molecular complexity index is 749. The molecular formula is C16H17FN2O4. The second-order valence-electron chi connectivity index (χ2n) is 5.84. The molecule has 6 nitrogen and oxygen atoms in total. The maximum atomic E-state index is 14.7. The number of alkyl halides is 1. The van der Waals surface area contributed by atoms with Gasteiger partial charge in [-0.25, -0.2) is 9.18 Å². The van der Waals surface area contributed by atoms with Crippen LogP contribution in [0.4, 0.5) is 4.39 Å². The Balaban J connectivity index is 2.16. The number of aromatic nitrogens is 2. The monoisotopic (exact) mass is 320 g/mol. The van der Waals surface area contributed by atoms with E-state index in [1.165, 1.54) is 19.9 Å². The maximum Gasteiger partial charge on any atom is 0.353 e. The third kappa shape index (κ3) is 2.99. The topological polar surface area (TPSA) is 84.4 Å². The van der Waals surface area contributed by atoms with Gasteiger partial charge < -0.3 is 14.6 Å². The van der Waals surface area contributed by atoms with Crippen LogP contribution in [0, 0.1) is 0 Å². The highest BCUT2D eigenvalue weighted by Crippen LogP contribution is 2.42. The van der Waals surface area contributed by atoms with Crippen LogP contribution in [0.3, 0.4) is 0 Å². The number of nitrogens with one attached hydrogen (secondary N) is 1. The van der Waals surface area contributed by atoms with Gasteiger partial charge >= 0.3 is 5.97 Å². The molecule has 0 bridgehead atoms. The third-order valence-corrected chi connectivity index (χ3v) is 3.61. The molecule has 0 saturated heterocycles. The molecule has 1 aromatic carbocycles. The molecule has 0 atom stereocenters. The average Bonchev–Trinajstić information content (AvgIpc) is 2.85. The minimum absolute atomic E-state index is 0.0604. The number of nitrogens with zero attached hydrogens (tertiary/aromatic N) is 1. The van der Waals surface area contributed by atoms with Crippen molar-refractivity contribution in [1.82, 2.24) is 10.2 Å². The van der Waals surface area contributed by atoms with Crippen LogP contribution in [0.25, 0.3) is 11.3 Å². The zero-order chi connectivity index (χ0) is 16.6. The number of rotatable bonds is 3. The van der Waals surface area contributed by atoms with Crippen LogP contribution in [-0.4, -0.2) is 34.5 Å². The third-order valence-electron chi connectivity index (χ3n) is 3.61. The lowest BCUT2D eigenvalue weighted by Crippen LogP contribution is -2.12. The molecule has 0 saturated carbocycles. The first-order chi connectivity index (χ1) is 10.9. The lowest BCUT2D eigenvalue weighted by molar-refractivity contribution is 0.0690. The normalized spacial score (nSPS) is 14.4. The van der Waals surface area contributed by atoms with Crippen LogP contribution in [0.5, 0.6) is 11.5 Å². The van der Waals surface area contributed by atoms with Crippen molar-refractivity contribution in [2.75, 3.05) is 13.2 Å². The number of fused-ring (bicyclic) bond motifs is 1. The molecule has 1 aromatic heterocycles. The second kappa shape index (κ2) is 5.57. The van der Waals surface area contributed by atoms with E-state index in [9.17, 15) is 9.18 Å². The number of hydrogen-bond donors (Lipinski definition) is 2. The quantitative estimate of drug-likeness (QED) is 0.907. The largest absolute Gasteiger partial charge is 0.490 e. The van der Waals surface area contributed by atoms with Gasteiger partial charge in [-0.3, -0.25) is 5.10 Å². The fraction of sp³-hybridized carbons (Fsp3) is 0.375. The van der Waals surface area contributed by atoms with Gasteiger partial charge in [0.1, 0.15) is 11.4 Å². The Morgan fingerprint density at radius 1 is 1.26 bits per heavy atom. The SMILES string of the molecule is CC(C)(F)c1cc2c(cc1-c1cc(C(=O)O)[nH]n1)OCCCO2. The first kappa shape index (κ1) is 15.3. The minimum Gasteiger partial charge on any atom is -0.490 e. The molecule has 2 N–H and O–H groups in total. The number of carboxylic acid groups (broad SMARTS) is 1. The molecule has 3 rings (SSSR count). The minimum atomic E-state index is -1.65. The van der Waals surface area contributed by atoms with Crippen molar-refractivity contribution in [3.63, 3.8) is 0 Å². The van der Waals surface area contributed by atoms with Crippen molar-refractivity contribution in [2.45, 2.75) is 25.9 Å². The molecule has 7 heteroatoms. The van der Waals surface area contributed by atoms with Crippen molar-refractivity contribution >= 4 is 5.97 Å². The van der Waals surface area contributed by atoms with Gasteiger partial charge in [0, 0.05) is 17.5 Å². The molecule has 0 aliphatic carbocycles. The number of carboxylic acids is 1. The van der Waals surface area contributed by atoms with Gasteiger partial charge in [-0.15, -0.1) is 0 Å². The van der Waals surface area contributed by atoms with E-state index in [4.69, 9.17) is 14.6 Å². The van der Waals surface area contributed by atoms with Gasteiger partial charge in [0.25, 0.3) is 0 Å². The van der Waals surface area contributed by atoms with E-state index in [0.29, 0.717) is 41.5 Å². The van der Waals surface area contributed by atoms with Crippen LogP contribution >= 0.6 is 0 Å². The van der Waals surface area contributed by atoms with E-state index in [-0.39, 0.29) is 5.69 Å². The zero-order valence-electron chi connectivity index (χ0n) is 12.9. The first-order valence-corrected chi connectivity index (χ1v) is 7.28. The molecule has 1 aliphatic heterocycles. The lowest BCUT2D eigenvalue weighted by Gasteiger charge is -2.20. The number of benzene rings is 1. The summed E-state index contributed by atoms with van der Waals surface area (Å²) in [5.74, 6) is -0.134. The van der Waals surface area contributed by atoms with Gasteiger partial charge in [0.15, 0.2) is 11.5 Å². The fourth-order valence-corrected chi connectivity index (χ4v) is 2.48. The van der Waals surface area contributed by atoms with E-state index >= 15 is 0 Å². The fourth-order valence-electron chi connectivity index (χ4n) is 2.48. The van der Waals surface area contributed by atoms with Gasteiger partial charge in [0.05, 0.1) is 18.9 Å². The van der Waals surface area contributed by atoms with Crippen molar-refractivity contribution in [1.29, 1.82) is 0 Å². The molecule has 0 fully saturated rings. The van der Waals surface area contributed by atoms with E-state index in [0.717, 1.165) is 6.42 Å². The van der Waals surface area contributed by atoms with Gasteiger partial charge in [-0.2, -0.15) is 5.10 Å². The smallest absolute Gasteiger partial charge is 0.353 e. The average molecular weight is 320 g/mol. The predicted octanol–water partition coefficient (Wildman–Crippen LogP) is 3.14. The summed E-state index contributed by atoms with van der Waals surface area (Å²) in [4.78, 5) is 11.0. The van der Waals surface area contributed by atoms with E-state index < -0.39 is 11.6 Å². The Morgan fingerprint density at radius 3 is 2.48 bits per heavy atom. The van der Waals surface area contributed by atoms with Crippen LogP contribution in [0.15, 0.2) is 18.2 Å². The van der Waals surface area contributed by atoms with Crippen LogP contribution in [0.2, 0.25) is 0 Å². The number of aromatic amines is 1. The highest BCUT2D eigenvalue weighted by atomic mass is 19.1. The number of hydrogen-bond acceptors (Lipinski definition) is 4. The highest BCUT2D eigenvalue weighted by molar-refractivity contribution is 5.87. The molecular weight excluding hydrogens is 303 g/mol. The number of H-pyrrole nitrogens is 1. The van der Waals surface area contributed by atoms with Crippen LogP contribution in [-0.2, 0) is 5.67 Å². The van der Waals surface area contributed by atoms with Crippen molar-refractivity contribution < 1.29 is 23.8 Å². The Hall–Kier alpha value is -2.57. The Morgan fingerprint density at radius 2 is 1.91 bits per heavy atom. The summed E-state index contributed by atoms with van der Waals surface area (Å²) < 4.78 is 25.9.